The van der Waals surface area contributed by atoms with Crippen molar-refractivity contribution in [2.45, 2.75) is 90.9 Å². The first-order valence-electron chi connectivity index (χ1n) is 20.2. The van der Waals surface area contributed by atoms with E-state index in [-0.39, 0.29) is 41.6 Å². The van der Waals surface area contributed by atoms with Gasteiger partial charge in [-0.25, -0.2) is 9.59 Å². The molecular formula is C46H52N3O9+. The van der Waals surface area contributed by atoms with Crippen LogP contribution >= 0.6 is 0 Å². The van der Waals surface area contributed by atoms with Crippen molar-refractivity contribution < 1.29 is 33.8 Å². The van der Waals surface area contributed by atoms with E-state index in [1.165, 1.54) is 12.1 Å². The molecule has 0 spiro atoms. The molecule has 6 rings (SSSR count). The van der Waals surface area contributed by atoms with E-state index in [4.69, 9.17) is 18.5 Å². The van der Waals surface area contributed by atoms with E-state index < -0.39 is 11.3 Å². The van der Waals surface area contributed by atoms with Crippen LogP contribution in [0.5, 0.6) is 11.5 Å². The number of nitrogens with zero attached hydrogens (tertiary/aromatic N) is 3. The molecule has 0 amide bonds. The van der Waals surface area contributed by atoms with Crippen LogP contribution in [0.2, 0.25) is 0 Å². The molecule has 0 bridgehead atoms. The lowest BCUT2D eigenvalue weighted by Crippen LogP contribution is -2.12. The highest BCUT2D eigenvalue weighted by Crippen LogP contribution is 2.40. The van der Waals surface area contributed by atoms with Crippen molar-refractivity contribution in [2.24, 2.45) is 11.8 Å². The van der Waals surface area contributed by atoms with E-state index in [1.807, 2.05) is 12.1 Å². The summed E-state index contributed by atoms with van der Waals surface area (Å²) < 4.78 is 11.0. The van der Waals surface area contributed by atoms with Gasteiger partial charge in [-0.3, -0.25) is 9.97 Å². The second-order valence-corrected chi connectivity index (χ2v) is 15.4. The molecule has 0 saturated carbocycles. The molecule has 2 N–H and O–H groups in total. The van der Waals surface area contributed by atoms with Crippen LogP contribution in [0, 0.1) is 16.7 Å². The molecule has 4 aromatic heterocycles. The molecule has 0 aliphatic rings. The van der Waals surface area contributed by atoms with Gasteiger partial charge in [0, 0.05) is 48.0 Å². The zero-order valence-corrected chi connectivity index (χ0v) is 33.6. The maximum absolute atomic E-state index is 12.4. The van der Waals surface area contributed by atoms with Crippen LogP contribution in [0.25, 0.3) is 44.2 Å². The van der Waals surface area contributed by atoms with Gasteiger partial charge in [0.15, 0.2) is 13.2 Å². The minimum absolute atomic E-state index is 0.0690. The van der Waals surface area contributed by atoms with Crippen molar-refractivity contribution in [3.63, 3.8) is 0 Å². The van der Waals surface area contributed by atoms with Gasteiger partial charge in [-0.05, 0) is 120 Å². The molecule has 12 heteroatoms. The Hall–Kier alpha value is -6.04. The van der Waals surface area contributed by atoms with Crippen molar-refractivity contribution in [3.05, 3.63) is 122 Å². The summed E-state index contributed by atoms with van der Waals surface area (Å²) in [4.78, 5) is 55.4. The number of pyridine rings is 2. The third-order valence-electron chi connectivity index (χ3n) is 11.4. The van der Waals surface area contributed by atoms with Gasteiger partial charge in [0.05, 0.1) is 10.8 Å². The quantitative estimate of drug-likeness (QED) is 0.0429. The van der Waals surface area contributed by atoms with E-state index in [1.54, 1.807) is 61.2 Å². The average molecular weight is 791 g/mol. The number of benzene rings is 2. The van der Waals surface area contributed by atoms with Crippen molar-refractivity contribution in [1.29, 1.82) is 0 Å². The Morgan fingerprint density at radius 2 is 0.983 bits per heavy atom. The molecule has 4 unspecified atom stereocenters. The summed E-state index contributed by atoms with van der Waals surface area (Å²) in [5.74, 6) is 0.939. The van der Waals surface area contributed by atoms with Crippen LogP contribution in [0.3, 0.4) is 0 Å². The number of phenolic OH excluding ortho intramolecular Hbond substituents is 2. The third kappa shape index (κ3) is 10.3. The van der Waals surface area contributed by atoms with Gasteiger partial charge in [0.2, 0.25) is 0 Å². The topological polar surface area (TPSA) is 165 Å². The van der Waals surface area contributed by atoms with Crippen LogP contribution in [0.4, 0.5) is 0 Å². The summed E-state index contributed by atoms with van der Waals surface area (Å²) in [6.45, 7) is 9.07. The van der Waals surface area contributed by atoms with E-state index in [0.29, 0.717) is 57.7 Å². The fourth-order valence-electron chi connectivity index (χ4n) is 7.61. The van der Waals surface area contributed by atoms with Crippen LogP contribution in [-0.2, 0) is 9.68 Å². The van der Waals surface area contributed by atoms with Gasteiger partial charge in [0.1, 0.15) is 27.6 Å². The lowest BCUT2D eigenvalue weighted by atomic mass is 9.84. The Morgan fingerprint density at radius 1 is 0.586 bits per heavy atom. The van der Waals surface area contributed by atoms with Crippen molar-refractivity contribution in [2.75, 3.05) is 13.2 Å². The Labute approximate surface area is 337 Å². The highest BCUT2D eigenvalue weighted by Gasteiger charge is 2.22. The summed E-state index contributed by atoms with van der Waals surface area (Å²) >= 11 is 0. The molecule has 0 aliphatic heterocycles. The summed E-state index contributed by atoms with van der Waals surface area (Å²) in [5.41, 5.74) is 4.30. The van der Waals surface area contributed by atoms with Gasteiger partial charge in [0.25, 0.3) is 0 Å². The van der Waals surface area contributed by atoms with Gasteiger partial charge in [-0.2, -0.15) is 9.68 Å². The van der Waals surface area contributed by atoms with Gasteiger partial charge < -0.3 is 19.0 Å². The van der Waals surface area contributed by atoms with Crippen LogP contribution in [-0.4, -0.2) is 38.5 Å². The number of phenols is 2. The van der Waals surface area contributed by atoms with Crippen LogP contribution in [0.15, 0.2) is 104 Å². The molecule has 4 atom stereocenters. The van der Waals surface area contributed by atoms with Crippen molar-refractivity contribution >= 4 is 21.9 Å². The first-order valence-corrected chi connectivity index (χ1v) is 20.2. The number of hydrogen-bond donors (Lipinski definition) is 2. The van der Waals surface area contributed by atoms with E-state index in [9.17, 15) is 24.7 Å². The molecule has 58 heavy (non-hydrogen) atoms. The number of rotatable bonds is 20. The fraction of sp³-hybridized carbons (Fsp3) is 0.391. The molecule has 4 heterocycles. The molecule has 0 aliphatic carbocycles. The third-order valence-corrected chi connectivity index (χ3v) is 11.4. The average Bonchev–Trinajstić information content (AvgIpc) is 3.22. The number of aromatic hydroxyl groups is 2. The predicted octanol–water partition coefficient (Wildman–Crippen LogP) is 10.4. The van der Waals surface area contributed by atoms with E-state index in [0.717, 1.165) is 60.8 Å². The monoisotopic (exact) mass is 790 g/mol. The largest absolute Gasteiger partial charge is 0.507 e. The highest BCUT2D eigenvalue weighted by molar-refractivity contribution is 5.99. The molecule has 0 saturated heterocycles. The smallest absolute Gasteiger partial charge is 0.477 e. The second kappa shape index (κ2) is 19.4. The first kappa shape index (κ1) is 41.6. The number of fused-ring (bicyclic) bond motifs is 2. The Morgan fingerprint density at radius 3 is 1.38 bits per heavy atom. The van der Waals surface area contributed by atoms with E-state index in [2.05, 4.69) is 37.7 Å². The summed E-state index contributed by atoms with van der Waals surface area (Å²) in [7, 11) is 0. The molecule has 12 nitrogen and oxygen atoms in total. The SMILES string of the molecule is CC(CCCCCO[N+](=O)OCCCCCC(C)C(C)c1cc(O)c2c(-c3ccncc3)cc(=O)oc2c1)C(C)c1cc(O)c2c(-c3ccncc3)cc(=O)oc2c1. The fourth-order valence-corrected chi connectivity index (χ4v) is 7.61. The number of aromatic nitrogens is 2. The molecule has 0 fully saturated rings. The van der Waals surface area contributed by atoms with Gasteiger partial charge >= 0.3 is 16.3 Å². The summed E-state index contributed by atoms with van der Waals surface area (Å²) in [6, 6.07) is 17.2. The molecule has 0 radical (unpaired) electrons. The lowest BCUT2D eigenvalue weighted by molar-refractivity contribution is -0.981. The zero-order chi connectivity index (χ0) is 41.2. The van der Waals surface area contributed by atoms with Gasteiger partial charge in [-0.1, -0.05) is 53.4 Å². The number of hydrogen-bond acceptors (Lipinski definition) is 11. The summed E-state index contributed by atoms with van der Waals surface area (Å²) in [5, 5.41) is 23.3. The molecular weight excluding hydrogens is 739 g/mol. The van der Waals surface area contributed by atoms with Crippen molar-refractivity contribution in [1.82, 2.24) is 9.97 Å². The standard InChI is InChI=1S/C46H51N3O9/c1-29(31(3)35-23-39(50)45-37(33-13-17-47-18-14-33)27-43(52)57-41(45)25-35)11-7-5-9-21-55-49(54)56-22-10-6-8-12-30(2)32(4)36-24-40(51)46-38(34-15-19-48-20-16-34)28-44(53)58-42(46)26-36/h13-20,23-32H,5-12,21-22H2,1-4H3,(H-,50,51,52,53)/p+1. The Bertz CT molecular complexity index is 2260. The second-order valence-electron chi connectivity index (χ2n) is 15.4. The van der Waals surface area contributed by atoms with Gasteiger partial charge in [-0.15, -0.1) is 0 Å². The maximum atomic E-state index is 12.4. The number of unbranched alkanes of at least 4 members (excludes halogenated alkanes) is 4. The highest BCUT2D eigenvalue weighted by atomic mass is 17.0. The first-order chi connectivity index (χ1) is 28.0. The van der Waals surface area contributed by atoms with Crippen LogP contribution in [0.1, 0.15) is 102 Å². The molecule has 6 aromatic rings. The van der Waals surface area contributed by atoms with E-state index >= 15 is 0 Å². The Balaban J connectivity index is 0.862. The lowest BCUT2D eigenvalue weighted by Gasteiger charge is -2.21. The predicted molar refractivity (Wildman–Crippen MR) is 222 cm³/mol. The molecule has 304 valence electrons. The van der Waals surface area contributed by atoms with Crippen LogP contribution < -0.4 is 11.3 Å². The summed E-state index contributed by atoms with van der Waals surface area (Å²) in [6.07, 6.45) is 13.5. The Kier molecular flexibility index (Phi) is 13.9. The zero-order valence-electron chi connectivity index (χ0n) is 33.6. The molecule has 2 aromatic carbocycles. The minimum Gasteiger partial charge on any atom is -0.507 e. The minimum atomic E-state index is -0.480. The van der Waals surface area contributed by atoms with Crippen molar-refractivity contribution in [3.8, 4) is 33.8 Å². The normalized spacial score (nSPS) is 13.6. The maximum Gasteiger partial charge on any atom is 0.477 e.